The molecule has 21 heavy (non-hydrogen) atoms. The predicted octanol–water partition coefficient (Wildman–Crippen LogP) is 4.81. The number of hydrogen-bond acceptors (Lipinski definition) is 2. The molecule has 0 spiro atoms. The van der Waals surface area contributed by atoms with Gasteiger partial charge in [0.15, 0.2) is 0 Å². The SMILES string of the molecule is CCCNC(Cc1c(F)cccc1Cl)c1ncccc1Cl. The van der Waals surface area contributed by atoms with E-state index in [1.54, 1.807) is 30.5 Å². The highest BCUT2D eigenvalue weighted by molar-refractivity contribution is 6.31. The lowest BCUT2D eigenvalue weighted by molar-refractivity contribution is 0.503. The third-order valence-corrected chi connectivity index (χ3v) is 3.90. The molecule has 0 fully saturated rings. The second kappa shape index (κ2) is 7.74. The lowest BCUT2D eigenvalue weighted by atomic mass is 10.0. The van der Waals surface area contributed by atoms with Crippen LogP contribution in [-0.4, -0.2) is 11.5 Å². The molecule has 1 heterocycles. The van der Waals surface area contributed by atoms with Gasteiger partial charge in [-0.25, -0.2) is 4.39 Å². The van der Waals surface area contributed by atoms with Gasteiger partial charge in [0.25, 0.3) is 0 Å². The third-order valence-electron chi connectivity index (χ3n) is 3.23. The molecule has 112 valence electrons. The minimum atomic E-state index is -0.308. The first-order valence-electron chi connectivity index (χ1n) is 6.90. The largest absolute Gasteiger partial charge is 0.308 e. The van der Waals surface area contributed by atoms with Crippen LogP contribution in [0.3, 0.4) is 0 Å². The average molecular weight is 327 g/mol. The topological polar surface area (TPSA) is 24.9 Å². The van der Waals surface area contributed by atoms with Crippen LogP contribution < -0.4 is 5.32 Å². The van der Waals surface area contributed by atoms with E-state index in [4.69, 9.17) is 23.2 Å². The molecule has 0 aliphatic heterocycles. The summed E-state index contributed by atoms with van der Waals surface area (Å²) < 4.78 is 14.0. The number of nitrogens with zero attached hydrogens (tertiary/aromatic N) is 1. The quantitative estimate of drug-likeness (QED) is 0.823. The zero-order valence-corrected chi connectivity index (χ0v) is 13.3. The molecule has 0 aliphatic carbocycles. The highest BCUT2D eigenvalue weighted by Gasteiger charge is 2.19. The van der Waals surface area contributed by atoms with E-state index in [0.29, 0.717) is 27.7 Å². The monoisotopic (exact) mass is 326 g/mol. The summed E-state index contributed by atoms with van der Waals surface area (Å²) in [5.41, 5.74) is 1.20. The average Bonchev–Trinajstić information content (AvgIpc) is 2.47. The van der Waals surface area contributed by atoms with E-state index in [0.717, 1.165) is 13.0 Å². The van der Waals surface area contributed by atoms with E-state index >= 15 is 0 Å². The van der Waals surface area contributed by atoms with E-state index in [-0.39, 0.29) is 11.9 Å². The van der Waals surface area contributed by atoms with Crippen LogP contribution in [0.4, 0.5) is 4.39 Å². The second-order valence-corrected chi connectivity index (χ2v) is 5.60. The van der Waals surface area contributed by atoms with Crippen molar-refractivity contribution >= 4 is 23.2 Å². The Morgan fingerprint density at radius 1 is 1.19 bits per heavy atom. The lowest BCUT2D eigenvalue weighted by Gasteiger charge is -2.20. The number of pyridine rings is 1. The van der Waals surface area contributed by atoms with Gasteiger partial charge in [0.2, 0.25) is 0 Å². The van der Waals surface area contributed by atoms with Crippen LogP contribution in [0.1, 0.15) is 30.6 Å². The van der Waals surface area contributed by atoms with Gasteiger partial charge < -0.3 is 5.32 Å². The van der Waals surface area contributed by atoms with Gasteiger partial charge in [-0.15, -0.1) is 0 Å². The molecule has 1 aromatic carbocycles. The van der Waals surface area contributed by atoms with Gasteiger partial charge in [-0.2, -0.15) is 0 Å². The number of aromatic nitrogens is 1. The molecule has 0 saturated carbocycles. The Bertz CT molecular complexity index is 584. The van der Waals surface area contributed by atoms with Gasteiger partial charge in [0, 0.05) is 16.8 Å². The molecule has 1 atom stereocenters. The Morgan fingerprint density at radius 3 is 2.62 bits per heavy atom. The van der Waals surface area contributed by atoms with Crippen molar-refractivity contribution in [2.75, 3.05) is 6.54 Å². The molecule has 0 saturated heterocycles. The summed E-state index contributed by atoms with van der Waals surface area (Å²) in [6, 6.07) is 8.10. The fourth-order valence-corrected chi connectivity index (χ4v) is 2.66. The fraction of sp³-hybridized carbons (Fsp3) is 0.312. The highest BCUT2D eigenvalue weighted by atomic mass is 35.5. The van der Waals surface area contributed by atoms with Crippen molar-refractivity contribution in [1.82, 2.24) is 10.3 Å². The maximum absolute atomic E-state index is 14.0. The van der Waals surface area contributed by atoms with Crippen LogP contribution in [-0.2, 0) is 6.42 Å². The smallest absolute Gasteiger partial charge is 0.127 e. The summed E-state index contributed by atoms with van der Waals surface area (Å²) in [4.78, 5) is 4.33. The van der Waals surface area contributed by atoms with E-state index in [1.165, 1.54) is 6.07 Å². The predicted molar refractivity (Wildman–Crippen MR) is 85.4 cm³/mol. The van der Waals surface area contributed by atoms with Crippen LogP contribution in [0.25, 0.3) is 0 Å². The first-order chi connectivity index (χ1) is 10.1. The van der Waals surface area contributed by atoms with Crippen molar-refractivity contribution in [3.63, 3.8) is 0 Å². The van der Waals surface area contributed by atoms with Crippen molar-refractivity contribution in [3.8, 4) is 0 Å². The zero-order valence-electron chi connectivity index (χ0n) is 11.7. The van der Waals surface area contributed by atoms with Gasteiger partial charge in [0.1, 0.15) is 5.82 Å². The normalized spacial score (nSPS) is 12.4. The molecule has 0 bridgehead atoms. The number of halogens is 3. The number of rotatable bonds is 6. The van der Waals surface area contributed by atoms with Gasteiger partial charge in [-0.3, -0.25) is 4.98 Å². The minimum absolute atomic E-state index is 0.173. The first-order valence-corrected chi connectivity index (χ1v) is 7.65. The van der Waals surface area contributed by atoms with Crippen LogP contribution in [0.15, 0.2) is 36.5 Å². The summed E-state index contributed by atoms with van der Waals surface area (Å²) in [7, 11) is 0. The summed E-state index contributed by atoms with van der Waals surface area (Å²) in [6.45, 7) is 2.86. The Labute approximate surface area is 134 Å². The van der Waals surface area contributed by atoms with E-state index < -0.39 is 0 Å². The number of hydrogen-bond donors (Lipinski definition) is 1. The molecule has 0 radical (unpaired) electrons. The molecule has 0 amide bonds. The van der Waals surface area contributed by atoms with Gasteiger partial charge in [-0.1, -0.05) is 36.2 Å². The number of benzene rings is 1. The molecular formula is C16H17Cl2FN2. The van der Waals surface area contributed by atoms with Crippen LogP contribution in [0.5, 0.6) is 0 Å². The van der Waals surface area contributed by atoms with Crippen molar-refractivity contribution in [3.05, 3.63) is 63.6 Å². The maximum Gasteiger partial charge on any atom is 0.127 e. The first kappa shape index (κ1) is 16.2. The standard InChI is InChI=1S/C16H17Cl2FN2/c1-2-8-20-15(16-13(18)6-4-9-21-16)10-11-12(17)5-3-7-14(11)19/h3-7,9,15,20H,2,8,10H2,1H3. The molecule has 2 aromatic rings. The molecule has 0 aliphatic rings. The Balaban J connectivity index is 2.31. The summed E-state index contributed by atoms with van der Waals surface area (Å²) in [5, 5.41) is 4.35. The van der Waals surface area contributed by atoms with Crippen molar-refractivity contribution in [2.45, 2.75) is 25.8 Å². The zero-order chi connectivity index (χ0) is 15.2. The Hall–Kier alpha value is -1.16. The molecule has 2 nitrogen and oxygen atoms in total. The van der Waals surface area contributed by atoms with Gasteiger partial charge in [0.05, 0.1) is 16.8 Å². The van der Waals surface area contributed by atoms with E-state index in [1.807, 2.05) is 0 Å². The van der Waals surface area contributed by atoms with Crippen molar-refractivity contribution in [2.24, 2.45) is 0 Å². The molecule has 1 aromatic heterocycles. The van der Waals surface area contributed by atoms with Gasteiger partial charge in [-0.05, 0) is 43.7 Å². The third kappa shape index (κ3) is 4.16. The van der Waals surface area contributed by atoms with Crippen molar-refractivity contribution in [1.29, 1.82) is 0 Å². The molecule has 1 unspecified atom stereocenters. The van der Waals surface area contributed by atoms with Crippen LogP contribution in [0.2, 0.25) is 10.0 Å². The molecule has 2 rings (SSSR count). The second-order valence-electron chi connectivity index (χ2n) is 4.78. The summed E-state index contributed by atoms with van der Waals surface area (Å²) in [6.07, 6.45) is 3.05. The maximum atomic E-state index is 14.0. The molecule has 1 N–H and O–H groups in total. The summed E-state index contributed by atoms with van der Waals surface area (Å²) in [5.74, 6) is -0.308. The summed E-state index contributed by atoms with van der Waals surface area (Å²) >= 11 is 12.3. The molecular weight excluding hydrogens is 310 g/mol. The van der Waals surface area contributed by atoms with Crippen molar-refractivity contribution < 1.29 is 4.39 Å². The van der Waals surface area contributed by atoms with Crippen LogP contribution >= 0.6 is 23.2 Å². The van der Waals surface area contributed by atoms with E-state index in [2.05, 4.69) is 17.2 Å². The minimum Gasteiger partial charge on any atom is -0.308 e. The fourth-order valence-electron chi connectivity index (χ4n) is 2.17. The number of nitrogens with one attached hydrogen (secondary N) is 1. The van der Waals surface area contributed by atoms with E-state index in [9.17, 15) is 4.39 Å². The van der Waals surface area contributed by atoms with Crippen LogP contribution in [0, 0.1) is 5.82 Å². The lowest BCUT2D eigenvalue weighted by Crippen LogP contribution is -2.25. The highest BCUT2D eigenvalue weighted by Crippen LogP contribution is 2.28. The Morgan fingerprint density at radius 2 is 1.95 bits per heavy atom. The van der Waals surface area contributed by atoms with Gasteiger partial charge >= 0.3 is 0 Å². The Kier molecular flexibility index (Phi) is 5.97. The molecule has 5 heteroatoms.